The van der Waals surface area contributed by atoms with Crippen LogP contribution in [0.25, 0.3) is 10.8 Å². The van der Waals surface area contributed by atoms with Gasteiger partial charge in [-0.05, 0) is 18.6 Å². The van der Waals surface area contributed by atoms with E-state index in [1.165, 1.54) is 6.20 Å². The number of hydrogen-bond donors (Lipinski definition) is 0. The quantitative estimate of drug-likeness (QED) is 0.645. The first-order valence-corrected chi connectivity index (χ1v) is 5.78. The van der Waals surface area contributed by atoms with Gasteiger partial charge >= 0.3 is 0 Å². The molecule has 2 rings (SSSR count). The standard InChI is InChI=1S/C10H6BrF2N.C2H6/c1-5-3-14-4-6-9(5)7(11)2-8(12)10(6)13;1-2/h2-4H,1H3;1-2H3. The summed E-state index contributed by atoms with van der Waals surface area (Å²) in [4.78, 5) is 3.83. The second kappa shape index (κ2) is 5.34. The lowest BCUT2D eigenvalue weighted by Gasteiger charge is -2.05. The molecule has 16 heavy (non-hydrogen) atoms. The third kappa shape index (κ3) is 2.21. The number of aryl methyl sites for hydroxylation is 1. The molecule has 0 aliphatic carbocycles. The van der Waals surface area contributed by atoms with Crippen LogP contribution in [0.1, 0.15) is 19.4 Å². The Morgan fingerprint density at radius 2 is 1.81 bits per heavy atom. The first-order valence-electron chi connectivity index (χ1n) is 4.99. The summed E-state index contributed by atoms with van der Waals surface area (Å²) in [6, 6.07) is 1.13. The predicted octanol–water partition coefficient (Wildman–Crippen LogP) is 4.61. The molecule has 0 spiro atoms. The SMILES string of the molecule is CC.Cc1cncc2c(F)c(F)cc(Br)c12. The number of nitrogens with zero attached hydrogens (tertiary/aromatic N) is 1. The van der Waals surface area contributed by atoms with Crippen molar-refractivity contribution in [1.29, 1.82) is 0 Å². The van der Waals surface area contributed by atoms with Crippen LogP contribution in [0, 0.1) is 18.6 Å². The first-order chi connectivity index (χ1) is 7.61. The summed E-state index contributed by atoms with van der Waals surface area (Å²) in [5.41, 5.74) is 0.813. The maximum Gasteiger partial charge on any atom is 0.168 e. The van der Waals surface area contributed by atoms with Gasteiger partial charge < -0.3 is 0 Å². The molecule has 4 heteroatoms. The van der Waals surface area contributed by atoms with Crippen LogP contribution in [0.2, 0.25) is 0 Å². The van der Waals surface area contributed by atoms with E-state index in [9.17, 15) is 8.78 Å². The van der Waals surface area contributed by atoms with Gasteiger partial charge in [-0.3, -0.25) is 4.98 Å². The number of aromatic nitrogens is 1. The summed E-state index contributed by atoms with van der Waals surface area (Å²) in [5, 5.41) is 0.871. The van der Waals surface area contributed by atoms with Crippen LogP contribution in [0.4, 0.5) is 8.78 Å². The minimum atomic E-state index is -0.864. The molecule has 2 aromatic rings. The minimum Gasteiger partial charge on any atom is -0.264 e. The van der Waals surface area contributed by atoms with Crippen molar-refractivity contribution in [3.63, 3.8) is 0 Å². The molecule has 0 saturated heterocycles. The zero-order valence-electron chi connectivity index (χ0n) is 9.31. The molecule has 0 bridgehead atoms. The van der Waals surface area contributed by atoms with Gasteiger partial charge in [0.1, 0.15) is 0 Å². The Balaban J connectivity index is 0.000000606. The Hall–Kier alpha value is -1.03. The maximum atomic E-state index is 13.3. The van der Waals surface area contributed by atoms with Gasteiger partial charge in [-0.1, -0.05) is 29.8 Å². The Morgan fingerprint density at radius 3 is 2.44 bits per heavy atom. The van der Waals surface area contributed by atoms with Gasteiger partial charge in [0, 0.05) is 27.6 Å². The number of halogens is 3. The van der Waals surface area contributed by atoms with Crippen molar-refractivity contribution >= 4 is 26.7 Å². The highest BCUT2D eigenvalue weighted by Crippen LogP contribution is 2.29. The molecule has 0 radical (unpaired) electrons. The van der Waals surface area contributed by atoms with Crippen LogP contribution in [0.15, 0.2) is 22.9 Å². The summed E-state index contributed by atoms with van der Waals surface area (Å²) in [5.74, 6) is -1.71. The smallest absolute Gasteiger partial charge is 0.168 e. The average Bonchev–Trinajstić information content (AvgIpc) is 2.28. The minimum absolute atomic E-state index is 0.205. The summed E-state index contributed by atoms with van der Waals surface area (Å²) < 4.78 is 26.9. The Labute approximate surface area is 102 Å². The second-order valence-corrected chi connectivity index (χ2v) is 3.89. The molecule has 0 atom stereocenters. The Morgan fingerprint density at radius 1 is 1.19 bits per heavy atom. The summed E-state index contributed by atoms with van der Waals surface area (Å²) in [6.07, 6.45) is 2.94. The summed E-state index contributed by atoms with van der Waals surface area (Å²) in [6.45, 7) is 5.80. The summed E-state index contributed by atoms with van der Waals surface area (Å²) >= 11 is 3.20. The molecule has 86 valence electrons. The molecular weight excluding hydrogens is 276 g/mol. The normalized spacial score (nSPS) is 9.88. The molecule has 0 fully saturated rings. The Bertz CT molecular complexity index is 512. The van der Waals surface area contributed by atoms with Crippen LogP contribution >= 0.6 is 15.9 Å². The molecule has 1 nitrogen and oxygen atoms in total. The molecule has 0 aliphatic heterocycles. The lowest BCUT2D eigenvalue weighted by Crippen LogP contribution is -1.91. The lowest BCUT2D eigenvalue weighted by atomic mass is 10.1. The first kappa shape index (κ1) is 13.0. The highest BCUT2D eigenvalue weighted by atomic mass is 79.9. The van der Waals surface area contributed by atoms with Crippen molar-refractivity contribution in [2.45, 2.75) is 20.8 Å². The molecule has 0 aliphatic rings. The van der Waals surface area contributed by atoms with Crippen molar-refractivity contribution in [2.24, 2.45) is 0 Å². The average molecular weight is 288 g/mol. The van der Waals surface area contributed by atoms with Gasteiger partial charge in [0.25, 0.3) is 0 Å². The number of hydrogen-bond acceptors (Lipinski definition) is 1. The van der Waals surface area contributed by atoms with E-state index >= 15 is 0 Å². The maximum absolute atomic E-state index is 13.3. The van der Waals surface area contributed by atoms with E-state index in [0.29, 0.717) is 9.86 Å². The van der Waals surface area contributed by atoms with E-state index in [1.807, 2.05) is 13.8 Å². The number of pyridine rings is 1. The van der Waals surface area contributed by atoms with Crippen molar-refractivity contribution in [1.82, 2.24) is 4.98 Å². The topological polar surface area (TPSA) is 12.9 Å². The van der Waals surface area contributed by atoms with E-state index in [2.05, 4.69) is 20.9 Å². The fraction of sp³-hybridized carbons (Fsp3) is 0.250. The van der Waals surface area contributed by atoms with Gasteiger partial charge in [-0.15, -0.1) is 0 Å². The zero-order valence-corrected chi connectivity index (χ0v) is 10.9. The van der Waals surface area contributed by atoms with Crippen LogP contribution in [-0.2, 0) is 0 Å². The second-order valence-electron chi connectivity index (χ2n) is 3.03. The molecule has 0 unspecified atom stereocenters. The molecule has 0 N–H and O–H groups in total. The highest BCUT2D eigenvalue weighted by molar-refractivity contribution is 9.10. The number of fused-ring (bicyclic) bond motifs is 1. The third-order valence-corrected chi connectivity index (χ3v) is 2.70. The molecule has 0 amide bonds. The van der Waals surface area contributed by atoms with Crippen molar-refractivity contribution < 1.29 is 8.78 Å². The van der Waals surface area contributed by atoms with Crippen molar-refractivity contribution in [2.75, 3.05) is 0 Å². The van der Waals surface area contributed by atoms with Crippen LogP contribution < -0.4 is 0 Å². The van der Waals surface area contributed by atoms with E-state index < -0.39 is 11.6 Å². The van der Waals surface area contributed by atoms with Gasteiger partial charge in [0.15, 0.2) is 11.6 Å². The molecule has 0 saturated carbocycles. The number of benzene rings is 1. The molecular formula is C12H12BrF2N. The van der Waals surface area contributed by atoms with E-state index in [1.54, 1.807) is 13.1 Å². The fourth-order valence-corrected chi connectivity index (χ4v) is 2.15. The van der Waals surface area contributed by atoms with Crippen molar-refractivity contribution in [3.8, 4) is 0 Å². The van der Waals surface area contributed by atoms with Crippen molar-refractivity contribution in [3.05, 3.63) is 40.1 Å². The van der Waals surface area contributed by atoms with Crippen LogP contribution in [0.3, 0.4) is 0 Å². The largest absolute Gasteiger partial charge is 0.264 e. The monoisotopic (exact) mass is 287 g/mol. The van der Waals surface area contributed by atoms with Gasteiger partial charge in [-0.25, -0.2) is 8.78 Å². The van der Waals surface area contributed by atoms with Gasteiger partial charge in [-0.2, -0.15) is 0 Å². The predicted molar refractivity (Wildman–Crippen MR) is 65.4 cm³/mol. The molecule has 1 aromatic heterocycles. The third-order valence-electron chi connectivity index (χ3n) is 2.07. The molecule has 1 heterocycles. The van der Waals surface area contributed by atoms with E-state index in [0.717, 1.165) is 11.6 Å². The fourth-order valence-electron chi connectivity index (χ4n) is 1.42. The number of rotatable bonds is 0. The van der Waals surface area contributed by atoms with Crippen LogP contribution in [0.5, 0.6) is 0 Å². The van der Waals surface area contributed by atoms with E-state index in [4.69, 9.17) is 0 Å². The van der Waals surface area contributed by atoms with Crippen LogP contribution in [-0.4, -0.2) is 4.98 Å². The Kier molecular flexibility index (Phi) is 4.35. The summed E-state index contributed by atoms with van der Waals surface area (Å²) in [7, 11) is 0. The zero-order chi connectivity index (χ0) is 12.3. The van der Waals surface area contributed by atoms with Gasteiger partial charge in [0.05, 0.1) is 0 Å². The lowest BCUT2D eigenvalue weighted by molar-refractivity contribution is 0.516. The van der Waals surface area contributed by atoms with Gasteiger partial charge in [0.2, 0.25) is 0 Å². The van der Waals surface area contributed by atoms with E-state index in [-0.39, 0.29) is 5.39 Å². The molecule has 1 aromatic carbocycles. The highest BCUT2D eigenvalue weighted by Gasteiger charge is 2.12.